The van der Waals surface area contributed by atoms with Crippen molar-refractivity contribution in [2.75, 3.05) is 44.7 Å². The Labute approximate surface area is 131 Å². The minimum Gasteiger partial charge on any atom is -0.353 e. The number of carbonyl (C=O) groups excluding carboxylic acids is 2. The van der Waals surface area contributed by atoms with Crippen molar-refractivity contribution in [2.45, 2.75) is 32.4 Å². The predicted molar refractivity (Wildman–Crippen MR) is 87.3 cm³/mol. The summed E-state index contributed by atoms with van der Waals surface area (Å²) in [5.41, 5.74) is 5.92. The largest absolute Gasteiger partial charge is 0.353 e. The monoisotopic (exact) mass is 316 g/mol. The zero-order chi connectivity index (χ0) is 15.8. The molecule has 1 saturated heterocycles. The van der Waals surface area contributed by atoms with Crippen molar-refractivity contribution in [3.8, 4) is 0 Å². The zero-order valence-electron chi connectivity index (χ0n) is 13.3. The lowest BCUT2D eigenvalue weighted by molar-refractivity contribution is -0.134. The van der Waals surface area contributed by atoms with Crippen LogP contribution in [-0.2, 0) is 9.59 Å². The highest BCUT2D eigenvalue weighted by molar-refractivity contribution is 7.98. The van der Waals surface area contributed by atoms with E-state index >= 15 is 0 Å². The second kappa shape index (κ2) is 9.27. The molecule has 0 saturated carbocycles. The van der Waals surface area contributed by atoms with Crippen LogP contribution in [0.2, 0.25) is 0 Å². The van der Waals surface area contributed by atoms with E-state index in [1.807, 2.05) is 25.0 Å². The summed E-state index contributed by atoms with van der Waals surface area (Å²) in [7, 11) is 0. The fraction of sp³-hybridized carbons (Fsp3) is 0.857. The molecular weight excluding hydrogens is 288 g/mol. The van der Waals surface area contributed by atoms with E-state index in [0.717, 1.165) is 25.3 Å². The van der Waals surface area contributed by atoms with Gasteiger partial charge >= 0.3 is 0 Å². The molecule has 2 amide bonds. The molecule has 0 aliphatic carbocycles. The lowest BCUT2D eigenvalue weighted by Crippen LogP contribution is -2.54. The second-order valence-corrected chi connectivity index (χ2v) is 6.70. The lowest BCUT2D eigenvalue weighted by Gasteiger charge is -2.35. The molecule has 7 heteroatoms. The van der Waals surface area contributed by atoms with Crippen molar-refractivity contribution < 1.29 is 9.59 Å². The van der Waals surface area contributed by atoms with Gasteiger partial charge in [-0.15, -0.1) is 0 Å². The Morgan fingerprint density at radius 3 is 2.38 bits per heavy atom. The Morgan fingerprint density at radius 2 is 1.86 bits per heavy atom. The van der Waals surface area contributed by atoms with E-state index in [1.165, 1.54) is 0 Å². The number of nitrogens with zero attached hydrogens (tertiary/aromatic N) is 2. The van der Waals surface area contributed by atoms with Crippen molar-refractivity contribution in [2.24, 2.45) is 5.73 Å². The normalized spacial score (nSPS) is 17.9. The SMILES string of the molecule is CSCCC(N)C(=O)N1CCN(CC(=O)NC(C)C)CC1. The molecular formula is C14H28N4O2S. The van der Waals surface area contributed by atoms with Gasteiger partial charge in [-0.05, 0) is 32.3 Å². The van der Waals surface area contributed by atoms with Gasteiger partial charge in [0.1, 0.15) is 0 Å². The molecule has 0 radical (unpaired) electrons. The Kier molecular flexibility index (Phi) is 8.06. The highest BCUT2D eigenvalue weighted by atomic mass is 32.2. The van der Waals surface area contributed by atoms with Gasteiger partial charge in [0.15, 0.2) is 0 Å². The predicted octanol–water partition coefficient (Wildman–Crippen LogP) is -0.264. The van der Waals surface area contributed by atoms with Gasteiger partial charge in [0.05, 0.1) is 12.6 Å². The van der Waals surface area contributed by atoms with E-state index in [9.17, 15) is 9.59 Å². The first kappa shape index (κ1) is 18.3. The van der Waals surface area contributed by atoms with Gasteiger partial charge in [0.2, 0.25) is 11.8 Å². The summed E-state index contributed by atoms with van der Waals surface area (Å²) in [6, 6.07) is -0.233. The van der Waals surface area contributed by atoms with Gasteiger partial charge in [0.25, 0.3) is 0 Å². The van der Waals surface area contributed by atoms with Crippen molar-refractivity contribution >= 4 is 23.6 Å². The number of piperazine rings is 1. The minimum absolute atomic E-state index is 0.0373. The summed E-state index contributed by atoms with van der Waals surface area (Å²) in [5, 5.41) is 2.88. The van der Waals surface area contributed by atoms with E-state index in [-0.39, 0.29) is 17.9 Å². The van der Waals surface area contributed by atoms with E-state index in [0.29, 0.717) is 19.6 Å². The molecule has 1 aliphatic heterocycles. The maximum atomic E-state index is 12.2. The summed E-state index contributed by atoms with van der Waals surface area (Å²) in [6.07, 6.45) is 2.73. The molecule has 3 N–H and O–H groups in total. The van der Waals surface area contributed by atoms with E-state index < -0.39 is 6.04 Å². The van der Waals surface area contributed by atoms with Crippen LogP contribution in [0, 0.1) is 0 Å². The van der Waals surface area contributed by atoms with E-state index in [2.05, 4.69) is 10.2 Å². The molecule has 1 unspecified atom stereocenters. The van der Waals surface area contributed by atoms with Gasteiger partial charge in [-0.25, -0.2) is 0 Å². The summed E-state index contributed by atoms with van der Waals surface area (Å²) < 4.78 is 0. The lowest BCUT2D eigenvalue weighted by atomic mass is 10.2. The van der Waals surface area contributed by atoms with Crippen LogP contribution < -0.4 is 11.1 Å². The third-order valence-corrected chi connectivity index (χ3v) is 4.09. The van der Waals surface area contributed by atoms with Crippen molar-refractivity contribution in [1.29, 1.82) is 0 Å². The molecule has 1 fully saturated rings. The third-order valence-electron chi connectivity index (χ3n) is 3.45. The van der Waals surface area contributed by atoms with Crippen molar-refractivity contribution in [3.63, 3.8) is 0 Å². The molecule has 122 valence electrons. The van der Waals surface area contributed by atoms with E-state index in [4.69, 9.17) is 5.73 Å². The topological polar surface area (TPSA) is 78.7 Å². The summed E-state index contributed by atoms with van der Waals surface area (Å²) in [6.45, 7) is 7.06. The number of hydrogen-bond acceptors (Lipinski definition) is 5. The van der Waals surface area contributed by atoms with Crippen LogP contribution >= 0.6 is 11.8 Å². The number of nitrogens with two attached hydrogens (primary N) is 1. The molecule has 1 atom stereocenters. The molecule has 6 nitrogen and oxygen atoms in total. The fourth-order valence-corrected chi connectivity index (χ4v) is 2.79. The Hall–Kier alpha value is -0.790. The van der Waals surface area contributed by atoms with Crippen LogP contribution in [0.1, 0.15) is 20.3 Å². The first-order chi connectivity index (χ1) is 9.93. The number of hydrogen-bond donors (Lipinski definition) is 2. The average Bonchev–Trinajstić information content (AvgIpc) is 2.43. The van der Waals surface area contributed by atoms with E-state index in [1.54, 1.807) is 11.8 Å². The van der Waals surface area contributed by atoms with Crippen LogP contribution in [-0.4, -0.2) is 78.4 Å². The maximum absolute atomic E-state index is 12.2. The van der Waals surface area contributed by atoms with Gasteiger partial charge < -0.3 is 16.0 Å². The highest BCUT2D eigenvalue weighted by Crippen LogP contribution is 2.06. The molecule has 0 aromatic carbocycles. The van der Waals surface area contributed by atoms with Crippen molar-refractivity contribution in [3.05, 3.63) is 0 Å². The first-order valence-corrected chi connectivity index (χ1v) is 8.88. The summed E-state index contributed by atoms with van der Waals surface area (Å²) >= 11 is 1.70. The van der Waals surface area contributed by atoms with Gasteiger partial charge in [-0.2, -0.15) is 11.8 Å². The van der Waals surface area contributed by atoms with Crippen LogP contribution in [0.4, 0.5) is 0 Å². The molecule has 0 aromatic rings. The number of rotatable bonds is 7. The number of carbonyl (C=O) groups is 2. The van der Waals surface area contributed by atoms with Gasteiger partial charge in [-0.3, -0.25) is 14.5 Å². The zero-order valence-corrected chi connectivity index (χ0v) is 14.1. The molecule has 0 aromatic heterocycles. The fourth-order valence-electron chi connectivity index (χ4n) is 2.30. The number of nitrogens with one attached hydrogen (secondary N) is 1. The number of thioether (sulfide) groups is 1. The highest BCUT2D eigenvalue weighted by Gasteiger charge is 2.25. The molecule has 1 heterocycles. The average molecular weight is 316 g/mol. The Morgan fingerprint density at radius 1 is 1.24 bits per heavy atom. The van der Waals surface area contributed by atoms with Gasteiger partial charge in [-0.1, -0.05) is 0 Å². The molecule has 0 spiro atoms. The van der Waals surface area contributed by atoms with Gasteiger partial charge in [0, 0.05) is 32.2 Å². The number of amides is 2. The van der Waals surface area contributed by atoms with Crippen LogP contribution in [0.25, 0.3) is 0 Å². The first-order valence-electron chi connectivity index (χ1n) is 7.49. The molecule has 1 rings (SSSR count). The Balaban J connectivity index is 2.31. The van der Waals surface area contributed by atoms with Crippen LogP contribution in [0.3, 0.4) is 0 Å². The van der Waals surface area contributed by atoms with Crippen LogP contribution in [0.15, 0.2) is 0 Å². The molecule has 0 bridgehead atoms. The maximum Gasteiger partial charge on any atom is 0.239 e. The molecule has 21 heavy (non-hydrogen) atoms. The summed E-state index contributed by atoms with van der Waals surface area (Å²) in [4.78, 5) is 27.8. The smallest absolute Gasteiger partial charge is 0.239 e. The minimum atomic E-state index is -0.395. The second-order valence-electron chi connectivity index (χ2n) is 5.71. The standard InChI is InChI=1S/C14H28N4O2S/c1-11(2)16-13(19)10-17-5-7-18(8-6-17)14(20)12(15)4-9-21-3/h11-12H,4-10,15H2,1-3H3,(H,16,19). The van der Waals surface area contributed by atoms with Crippen molar-refractivity contribution in [1.82, 2.24) is 15.1 Å². The third kappa shape index (κ3) is 6.67. The molecule has 1 aliphatic rings. The summed E-state index contributed by atoms with van der Waals surface area (Å²) in [5.74, 6) is 0.985. The Bertz CT molecular complexity index is 344. The quantitative estimate of drug-likeness (QED) is 0.676. The van der Waals surface area contributed by atoms with Crippen LogP contribution in [0.5, 0.6) is 0 Å².